The molecule has 7 rings (SSSR count). The lowest BCUT2D eigenvalue weighted by Crippen LogP contribution is -2.73. The van der Waals surface area contributed by atoms with E-state index in [2.05, 4.69) is 0 Å². The number of ether oxygens (including phenoxy) is 4. The van der Waals surface area contributed by atoms with Crippen LogP contribution in [0.2, 0.25) is 0 Å². The second kappa shape index (κ2) is 6.94. The Kier molecular flexibility index (Phi) is 4.56. The summed E-state index contributed by atoms with van der Waals surface area (Å²) in [6.07, 6.45) is 0.562. The summed E-state index contributed by atoms with van der Waals surface area (Å²) in [5, 5.41) is 37.3. The van der Waals surface area contributed by atoms with Gasteiger partial charge in [-0.05, 0) is 31.2 Å². The standard InChI is InChI=1S/C28H34O11/c1-22-12-25(33)20-27(34)14(24(25,3)17(22)16(30)19(31)35-4)6-8-23(2)18(13-7-9-37-11-13)38-15(29)10-26(23,27)39-28(20,36-5)21(22)32/h7,9,11,14,16-18,20,30,33-34H,6,8,10,12H2,1-5H3/t14?,16?,17-,18-,20?,22+,23-,24-,25?,26?,27+,28?/m0/s1. The van der Waals surface area contributed by atoms with E-state index in [1.165, 1.54) is 19.6 Å². The smallest absolute Gasteiger partial charge is 0.335 e. The van der Waals surface area contributed by atoms with E-state index in [4.69, 9.17) is 23.4 Å². The minimum absolute atomic E-state index is 0.117. The highest BCUT2D eigenvalue weighted by Crippen LogP contribution is 2.87. The largest absolute Gasteiger partial charge is 0.472 e. The van der Waals surface area contributed by atoms with Gasteiger partial charge < -0.3 is 38.7 Å². The number of rotatable bonds is 4. The summed E-state index contributed by atoms with van der Waals surface area (Å²) in [5.74, 6) is -7.45. The molecule has 0 amide bonds. The van der Waals surface area contributed by atoms with Crippen LogP contribution < -0.4 is 0 Å². The van der Waals surface area contributed by atoms with Crippen LogP contribution in [0.25, 0.3) is 0 Å². The normalized spacial score (nSPS) is 55.3. The molecule has 39 heavy (non-hydrogen) atoms. The second-order valence-electron chi connectivity index (χ2n) is 13.2. The third-order valence-electron chi connectivity index (χ3n) is 12.3. The van der Waals surface area contributed by atoms with Gasteiger partial charge in [-0.15, -0.1) is 0 Å². The zero-order valence-electron chi connectivity index (χ0n) is 22.6. The molecule has 3 N–H and O–H groups in total. The molecule has 12 atom stereocenters. The average molecular weight is 547 g/mol. The molecule has 2 aliphatic heterocycles. The lowest BCUT2D eigenvalue weighted by Gasteiger charge is -2.63. The van der Waals surface area contributed by atoms with Gasteiger partial charge in [0.1, 0.15) is 17.3 Å². The number of ketones is 1. The van der Waals surface area contributed by atoms with E-state index >= 15 is 0 Å². The lowest BCUT2D eigenvalue weighted by atomic mass is 9.45. The van der Waals surface area contributed by atoms with Crippen LogP contribution in [0.15, 0.2) is 23.0 Å². The van der Waals surface area contributed by atoms with Crippen molar-refractivity contribution in [3.05, 3.63) is 24.2 Å². The van der Waals surface area contributed by atoms with Crippen LogP contribution in [-0.4, -0.2) is 76.0 Å². The van der Waals surface area contributed by atoms with E-state index in [-0.39, 0.29) is 12.8 Å². The molecular formula is C28H34O11. The Hall–Kier alpha value is -2.31. The number of hydrogen-bond donors (Lipinski definition) is 3. The Labute approximate surface area is 224 Å². The topological polar surface area (TPSA) is 162 Å². The number of Topliss-reactive ketones (excluding diaryl/α,β-unsaturated/α-hetero) is 1. The molecule has 2 bridgehead atoms. The molecule has 6 unspecified atom stereocenters. The quantitative estimate of drug-likeness (QED) is 0.463. The fourth-order valence-corrected chi connectivity index (χ4v) is 11.1. The molecule has 1 spiro atoms. The van der Waals surface area contributed by atoms with Crippen LogP contribution in [-0.2, 0) is 33.3 Å². The Morgan fingerprint density at radius 2 is 1.90 bits per heavy atom. The molecule has 11 heteroatoms. The maximum absolute atomic E-state index is 14.6. The van der Waals surface area contributed by atoms with Crippen molar-refractivity contribution in [2.24, 2.45) is 34.0 Å². The van der Waals surface area contributed by atoms with Crippen LogP contribution in [0.1, 0.15) is 58.1 Å². The number of methoxy groups -OCH3 is 2. The monoisotopic (exact) mass is 546 g/mol. The maximum atomic E-state index is 14.6. The van der Waals surface area contributed by atoms with E-state index in [1.807, 2.05) is 6.92 Å². The predicted octanol–water partition coefficient (Wildman–Crippen LogP) is 1.04. The number of carbonyl (C=O) groups excluding carboxylic acids is 3. The molecule has 1 aromatic rings. The van der Waals surface area contributed by atoms with Crippen molar-refractivity contribution in [2.45, 2.75) is 81.3 Å². The summed E-state index contributed by atoms with van der Waals surface area (Å²) in [6, 6.07) is 1.69. The number of carbonyl (C=O) groups is 3. The Balaban J connectivity index is 1.54. The first-order valence-corrected chi connectivity index (χ1v) is 13.4. The van der Waals surface area contributed by atoms with Gasteiger partial charge in [0, 0.05) is 34.8 Å². The van der Waals surface area contributed by atoms with E-state index in [0.29, 0.717) is 18.4 Å². The van der Waals surface area contributed by atoms with Crippen LogP contribution >= 0.6 is 0 Å². The van der Waals surface area contributed by atoms with Crippen molar-refractivity contribution in [2.75, 3.05) is 14.2 Å². The van der Waals surface area contributed by atoms with Crippen molar-refractivity contribution >= 4 is 17.7 Å². The minimum Gasteiger partial charge on any atom is -0.472 e. The Bertz CT molecular complexity index is 1310. The molecule has 11 nitrogen and oxygen atoms in total. The number of fused-ring (bicyclic) bond motifs is 2. The fourth-order valence-electron chi connectivity index (χ4n) is 11.1. The molecule has 0 aromatic carbocycles. The third kappa shape index (κ3) is 2.20. The zero-order chi connectivity index (χ0) is 28.2. The summed E-state index contributed by atoms with van der Waals surface area (Å²) < 4.78 is 28.8. The Morgan fingerprint density at radius 1 is 1.18 bits per heavy atom. The highest BCUT2D eigenvalue weighted by Gasteiger charge is 2.99. The molecule has 6 aliphatic rings. The fraction of sp³-hybridized carbons (Fsp3) is 0.750. The van der Waals surface area contributed by atoms with Crippen molar-refractivity contribution in [1.82, 2.24) is 0 Å². The highest BCUT2D eigenvalue weighted by molar-refractivity contribution is 5.97. The van der Waals surface area contributed by atoms with Gasteiger partial charge in [0.15, 0.2) is 11.9 Å². The summed E-state index contributed by atoms with van der Waals surface area (Å²) in [5.41, 5.74) is -8.71. The summed E-state index contributed by atoms with van der Waals surface area (Å²) in [6.45, 7) is 5.21. The Morgan fingerprint density at radius 3 is 2.51 bits per heavy atom. The first kappa shape index (κ1) is 25.6. The van der Waals surface area contributed by atoms with Crippen LogP contribution in [0.4, 0.5) is 0 Å². The minimum atomic E-state index is -2.14. The van der Waals surface area contributed by atoms with Crippen LogP contribution in [0.5, 0.6) is 0 Å². The third-order valence-corrected chi connectivity index (χ3v) is 12.3. The first-order valence-electron chi connectivity index (χ1n) is 13.4. The predicted molar refractivity (Wildman–Crippen MR) is 127 cm³/mol. The van der Waals surface area contributed by atoms with Gasteiger partial charge in [0.05, 0.1) is 37.6 Å². The van der Waals surface area contributed by atoms with Gasteiger partial charge in [-0.3, -0.25) is 9.59 Å². The number of hydrogen-bond acceptors (Lipinski definition) is 11. The number of furan rings is 1. The van der Waals surface area contributed by atoms with Gasteiger partial charge >= 0.3 is 11.9 Å². The van der Waals surface area contributed by atoms with Crippen molar-refractivity contribution in [3.8, 4) is 0 Å². The first-order chi connectivity index (χ1) is 18.2. The van der Waals surface area contributed by atoms with E-state index in [9.17, 15) is 29.7 Å². The van der Waals surface area contributed by atoms with Gasteiger partial charge in [-0.25, -0.2) is 4.79 Å². The summed E-state index contributed by atoms with van der Waals surface area (Å²) >= 11 is 0. The number of cyclic esters (lactones) is 1. The number of aliphatic hydroxyl groups excluding tert-OH is 1. The van der Waals surface area contributed by atoms with Gasteiger partial charge in [-0.2, -0.15) is 0 Å². The van der Waals surface area contributed by atoms with Gasteiger partial charge in [-0.1, -0.05) is 20.8 Å². The van der Waals surface area contributed by atoms with Crippen molar-refractivity contribution < 1.29 is 53.1 Å². The second-order valence-corrected chi connectivity index (χ2v) is 13.2. The summed E-state index contributed by atoms with van der Waals surface area (Å²) in [4.78, 5) is 40.7. The number of esters is 2. The molecule has 0 radical (unpaired) electrons. The highest BCUT2D eigenvalue weighted by atomic mass is 16.7. The van der Waals surface area contributed by atoms with Crippen molar-refractivity contribution in [1.29, 1.82) is 0 Å². The molecule has 1 aromatic heterocycles. The SMILES string of the molecule is COC(=O)C(O)[C@H]1[C@@]2(C)CC3(O)C4C(OC)(OC56CC(=O)O[C@@H](c7ccoc7)[C@]5(C)CCC([C@@]46O)[C@@]13C)C2=O. The molecule has 2 saturated heterocycles. The average Bonchev–Trinajstić information content (AvgIpc) is 3.56. The van der Waals surface area contributed by atoms with Crippen LogP contribution in [0.3, 0.4) is 0 Å². The molecule has 4 aliphatic carbocycles. The van der Waals surface area contributed by atoms with Crippen molar-refractivity contribution in [3.63, 3.8) is 0 Å². The van der Waals surface area contributed by atoms with Crippen LogP contribution in [0, 0.1) is 34.0 Å². The van der Waals surface area contributed by atoms with E-state index in [1.54, 1.807) is 19.9 Å². The molecule has 212 valence electrons. The lowest BCUT2D eigenvalue weighted by molar-refractivity contribution is -0.329. The molecule has 3 heterocycles. The molecular weight excluding hydrogens is 512 g/mol. The van der Waals surface area contributed by atoms with Gasteiger partial charge in [0.2, 0.25) is 5.79 Å². The maximum Gasteiger partial charge on any atom is 0.335 e. The number of aliphatic hydroxyl groups is 3. The molecule has 6 fully saturated rings. The van der Waals surface area contributed by atoms with E-state index in [0.717, 1.165) is 7.11 Å². The zero-order valence-corrected chi connectivity index (χ0v) is 22.6. The molecule has 4 saturated carbocycles. The summed E-state index contributed by atoms with van der Waals surface area (Å²) in [7, 11) is 2.43. The van der Waals surface area contributed by atoms with E-state index < -0.39 is 86.5 Å². The van der Waals surface area contributed by atoms with Gasteiger partial charge in [0.25, 0.3) is 0 Å².